The van der Waals surface area contributed by atoms with Gasteiger partial charge < -0.3 is 19.2 Å². The van der Waals surface area contributed by atoms with Crippen LogP contribution in [0.3, 0.4) is 0 Å². The number of carbonyl (C=O) groups is 1. The van der Waals surface area contributed by atoms with Gasteiger partial charge in [0.25, 0.3) is 12.3 Å². The van der Waals surface area contributed by atoms with Crippen LogP contribution in [-0.4, -0.2) is 39.0 Å². The van der Waals surface area contributed by atoms with Crippen molar-refractivity contribution in [1.82, 2.24) is 19.7 Å². The number of hydrogen-bond donors (Lipinski definition) is 1. The molecule has 0 spiro atoms. The van der Waals surface area contributed by atoms with Crippen molar-refractivity contribution >= 4 is 11.6 Å². The SMILES string of the molecule is CC(C)Oc1cc2nc(-c3cccc(C(F)F)n3)cn2cc1C(=O)NC1CCC(COCc2ccccc2)CC1. The van der Waals surface area contributed by atoms with Crippen LogP contribution in [0.25, 0.3) is 17.0 Å². The molecule has 0 bridgehead atoms. The molecule has 1 aromatic carbocycles. The maximum Gasteiger partial charge on any atom is 0.280 e. The lowest BCUT2D eigenvalue weighted by Gasteiger charge is -2.29. The number of rotatable bonds is 10. The Morgan fingerprint density at radius 1 is 1.00 bits per heavy atom. The first-order valence-corrected chi connectivity index (χ1v) is 13.7. The highest BCUT2D eigenvalue weighted by Gasteiger charge is 2.25. The van der Waals surface area contributed by atoms with Crippen molar-refractivity contribution < 1.29 is 23.0 Å². The minimum atomic E-state index is -2.67. The number of aromatic nitrogens is 3. The third-order valence-corrected chi connectivity index (χ3v) is 7.07. The Balaban J connectivity index is 1.25. The first-order valence-electron chi connectivity index (χ1n) is 13.7. The molecule has 9 heteroatoms. The number of pyridine rings is 2. The van der Waals surface area contributed by atoms with Crippen molar-refractivity contribution in [2.45, 2.75) is 64.7 Å². The number of benzene rings is 1. The zero-order chi connectivity index (χ0) is 28.1. The summed E-state index contributed by atoms with van der Waals surface area (Å²) in [6.45, 7) is 5.12. The Kier molecular flexibility index (Phi) is 8.69. The van der Waals surface area contributed by atoms with E-state index in [9.17, 15) is 13.6 Å². The van der Waals surface area contributed by atoms with Crippen LogP contribution in [0.2, 0.25) is 0 Å². The molecule has 40 heavy (non-hydrogen) atoms. The maximum atomic E-state index is 13.4. The van der Waals surface area contributed by atoms with Gasteiger partial charge in [-0.3, -0.25) is 4.79 Å². The topological polar surface area (TPSA) is 77.8 Å². The van der Waals surface area contributed by atoms with Gasteiger partial charge in [-0.2, -0.15) is 0 Å². The summed E-state index contributed by atoms with van der Waals surface area (Å²) in [4.78, 5) is 22.0. The lowest BCUT2D eigenvalue weighted by Crippen LogP contribution is -2.38. The van der Waals surface area contributed by atoms with Crippen LogP contribution in [0.5, 0.6) is 5.75 Å². The molecule has 0 saturated heterocycles. The van der Waals surface area contributed by atoms with E-state index in [2.05, 4.69) is 27.4 Å². The quantitative estimate of drug-likeness (QED) is 0.241. The second-order valence-electron chi connectivity index (χ2n) is 10.5. The van der Waals surface area contributed by atoms with E-state index in [1.165, 1.54) is 17.7 Å². The maximum absolute atomic E-state index is 13.4. The molecule has 210 valence electrons. The summed E-state index contributed by atoms with van der Waals surface area (Å²) in [6.07, 6.45) is 4.29. The Morgan fingerprint density at radius 3 is 2.50 bits per heavy atom. The molecule has 1 saturated carbocycles. The minimum absolute atomic E-state index is 0.0695. The summed E-state index contributed by atoms with van der Waals surface area (Å²) in [6, 6.07) is 16.4. The first-order chi connectivity index (χ1) is 19.4. The van der Waals surface area contributed by atoms with Crippen molar-refractivity contribution in [3.8, 4) is 17.1 Å². The number of imidazole rings is 1. The molecule has 3 aromatic heterocycles. The summed E-state index contributed by atoms with van der Waals surface area (Å²) >= 11 is 0. The highest BCUT2D eigenvalue weighted by Crippen LogP contribution is 2.28. The summed E-state index contributed by atoms with van der Waals surface area (Å²) in [5.74, 6) is 0.693. The van der Waals surface area contributed by atoms with Gasteiger partial charge in [0.2, 0.25) is 0 Å². The molecular weight excluding hydrogens is 514 g/mol. The largest absolute Gasteiger partial charge is 0.490 e. The Bertz CT molecular complexity index is 1430. The van der Waals surface area contributed by atoms with E-state index in [0.717, 1.165) is 32.3 Å². The van der Waals surface area contributed by atoms with E-state index in [4.69, 9.17) is 9.47 Å². The first kappa shape index (κ1) is 27.7. The summed E-state index contributed by atoms with van der Waals surface area (Å²) in [5, 5.41) is 3.19. The predicted octanol–water partition coefficient (Wildman–Crippen LogP) is 6.63. The Morgan fingerprint density at radius 2 is 1.77 bits per heavy atom. The fourth-order valence-corrected chi connectivity index (χ4v) is 5.03. The van der Waals surface area contributed by atoms with Gasteiger partial charge in [0.1, 0.15) is 22.8 Å². The Hall–Kier alpha value is -3.85. The lowest BCUT2D eigenvalue weighted by atomic mass is 9.86. The highest BCUT2D eigenvalue weighted by atomic mass is 19.3. The molecule has 3 heterocycles. The van der Waals surface area contributed by atoms with Crippen molar-refractivity contribution in [2.24, 2.45) is 5.92 Å². The molecule has 1 aliphatic rings. The van der Waals surface area contributed by atoms with Gasteiger partial charge in [0, 0.05) is 31.1 Å². The van der Waals surface area contributed by atoms with Crippen LogP contribution in [-0.2, 0) is 11.3 Å². The fraction of sp³-hybridized carbons (Fsp3) is 0.387. The second kappa shape index (κ2) is 12.6. The Labute approximate surface area is 232 Å². The van der Waals surface area contributed by atoms with Crippen LogP contribution in [0.4, 0.5) is 8.78 Å². The van der Waals surface area contributed by atoms with Crippen LogP contribution in [0.15, 0.2) is 67.0 Å². The minimum Gasteiger partial charge on any atom is -0.490 e. The predicted molar refractivity (Wildman–Crippen MR) is 148 cm³/mol. The zero-order valence-corrected chi connectivity index (χ0v) is 22.7. The summed E-state index contributed by atoms with van der Waals surface area (Å²) in [7, 11) is 0. The van der Waals surface area contributed by atoms with Gasteiger partial charge in [0.05, 0.1) is 24.0 Å². The van der Waals surface area contributed by atoms with Crippen molar-refractivity contribution in [1.29, 1.82) is 0 Å². The van der Waals surface area contributed by atoms with E-state index >= 15 is 0 Å². The monoisotopic (exact) mass is 548 g/mol. The van der Waals surface area contributed by atoms with E-state index < -0.39 is 6.43 Å². The summed E-state index contributed by atoms with van der Waals surface area (Å²) < 4.78 is 39.9. The van der Waals surface area contributed by atoms with Crippen LogP contribution < -0.4 is 10.1 Å². The standard InChI is InChI=1S/C31H34F2N4O3/c1-20(2)40-28-15-29-36-27(25-9-6-10-26(35-25)30(32)33)17-37(29)16-24(28)31(38)34-23-13-11-22(12-14-23)19-39-18-21-7-4-3-5-8-21/h3-10,15-17,20,22-23,30H,11-14,18-19H2,1-2H3,(H,34,38). The molecule has 0 unspecified atom stereocenters. The van der Waals surface area contributed by atoms with E-state index in [0.29, 0.717) is 40.9 Å². The average Bonchev–Trinajstić information content (AvgIpc) is 3.37. The molecule has 0 radical (unpaired) electrons. The third-order valence-electron chi connectivity index (χ3n) is 7.07. The van der Waals surface area contributed by atoms with Gasteiger partial charge >= 0.3 is 0 Å². The highest BCUT2D eigenvalue weighted by molar-refractivity contribution is 5.97. The number of carbonyl (C=O) groups excluding carboxylic acids is 1. The lowest BCUT2D eigenvalue weighted by molar-refractivity contribution is 0.0680. The molecule has 7 nitrogen and oxygen atoms in total. The molecule has 1 amide bonds. The smallest absolute Gasteiger partial charge is 0.280 e. The van der Waals surface area contributed by atoms with Gasteiger partial charge in [-0.25, -0.2) is 18.7 Å². The number of nitrogens with one attached hydrogen (secondary N) is 1. The normalized spacial score (nSPS) is 17.4. The van der Waals surface area contributed by atoms with Crippen molar-refractivity contribution in [3.63, 3.8) is 0 Å². The molecule has 0 atom stereocenters. The molecule has 1 aliphatic carbocycles. The fourth-order valence-electron chi connectivity index (χ4n) is 5.03. The average molecular weight is 549 g/mol. The number of nitrogens with zero attached hydrogens (tertiary/aromatic N) is 3. The van der Waals surface area contributed by atoms with Gasteiger partial charge in [-0.15, -0.1) is 0 Å². The number of hydrogen-bond acceptors (Lipinski definition) is 5. The number of alkyl halides is 2. The van der Waals surface area contributed by atoms with E-state index in [1.54, 1.807) is 28.9 Å². The van der Waals surface area contributed by atoms with Gasteiger partial charge in [-0.05, 0) is 63.1 Å². The third kappa shape index (κ3) is 6.83. The molecule has 5 rings (SSSR count). The number of amides is 1. The van der Waals surface area contributed by atoms with Crippen molar-refractivity contribution in [2.75, 3.05) is 6.61 Å². The van der Waals surface area contributed by atoms with E-state index in [-0.39, 0.29) is 23.7 Å². The number of ether oxygens (including phenoxy) is 2. The van der Waals surface area contributed by atoms with Crippen LogP contribution in [0, 0.1) is 5.92 Å². The zero-order valence-electron chi connectivity index (χ0n) is 22.7. The van der Waals surface area contributed by atoms with E-state index in [1.807, 2.05) is 32.0 Å². The molecular formula is C31H34F2N4O3. The number of fused-ring (bicyclic) bond motifs is 1. The van der Waals surface area contributed by atoms with Crippen LogP contribution >= 0.6 is 0 Å². The van der Waals surface area contributed by atoms with Gasteiger partial charge in [-0.1, -0.05) is 36.4 Å². The summed E-state index contributed by atoms with van der Waals surface area (Å²) in [5.41, 5.74) is 2.56. The molecule has 0 aliphatic heterocycles. The molecule has 1 fully saturated rings. The molecule has 1 N–H and O–H groups in total. The second-order valence-corrected chi connectivity index (χ2v) is 10.5. The van der Waals surface area contributed by atoms with Crippen molar-refractivity contribution in [3.05, 3.63) is 83.8 Å². The van der Waals surface area contributed by atoms with Gasteiger partial charge in [0.15, 0.2) is 0 Å². The van der Waals surface area contributed by atoms with Crippen LogP contribution in [0.1, 0.15) is 67.6 Å². The molecule has 4 aromatic rings. The number of halogens is 2.